The molecule has 1 aromatic carbocycles. The minimum absolute atomic E-state index is 0.0327. The van der Waals surface area contributed by atoms with E-state index in [1.807, 2.05) is 25.9 Å². The zero-order chi connectivity index (χ0) is 27.4. The molecule has 0 saturated carbocycles. The second-order valence-electron chi connectivity index (χ2n) is 8.88. The molecule has 0 radical (unpaired) electrons. The number of pyridine rings is 2. The van der Waals surface area contributed by atoms with Crippen molar-refractivity contribution in [2.45, 2.75) is 11.8 Å². The Balaban J connectivity index is 1.63. The molecular weight excluding hydrogens is 530 g/mol. The van der Waals surface area contributed by atoms with E-state index in [-0.39, 0.29) is 27.1 Å². The predicted octanol–water partition coefficient (Wildman–Crippen LogP) is 3.51. The Labute approximate surface area is 225 Å². The molecule has 0 saturated heterocycles. The summed E-state index contributed by atoms with van der Waals surface area (Å²) in [6, 6.07) is 9.99. The number of hydrogen-bond donors (Lipinski definition) is 1. The molecule has 3 heterocycles. The van der Waals surface area contributed by atoms with E-state index in [1.165, 1.54) is 23.8 Å². The monoisotopic (exact) mass is 557 g/mol. The Kier molecular flexibility index (Phi) is 8.20. The number of aryl methyl sites for hydroxylation is 1. The molecule has 0 amide bonds. The van der Waals surface area contributed by atoms with Crippen molar-refractivity contribution in [3.8, 4) is 22.8 Å². The van der Waals surface area contributed by atoms with Crippen molar-refractivity contribution in [1.82, 2.24) is 19.3 Å². The molecule has 10 nitrogen and oxygen atoms in total. The molecule has 0 unspecified atom stereocenters. The Morgan fingerprint density at radius 3 is 2.58 bits per heavy atom. The molecule has 0 aliphatic rings. The fraction of sp³-hybridized carbons (Fsp3) is 0.269. The highest BCUT2D eigenvalue weighted by molar-refractivity contribution is 7.91. The number of hydrogen-bond acceptors (Lipinski definition) is 9. The number of rotatable bonds is 10. The summed E-state index contributed by atoms with van der Waals surface area (Å²) in [5.74, 6) is -0.0571. The number of ether oxygens (including phenoxy) is 2. The average Bonchev–Trinajstić information content (AvgIpc) is 2.88. The number of likely N-dealkylation sites (N-methyl/N-ethyl adjacent to an activating group) is 1. The lowest BCUT2D eigenvalue weighted by Crippen LogP contribution is -2.23. The van der Waals surface area contributed by atoms with Crippen LogP contribution in [0.15, 0.2) is 64.7 Å². The van der Waals surface area contributed by atoms with Crippen LogP contribution in [-0.4, -0.2) is 67.9 Å². The Morgan fingerprint density at radius 2 is 1.87 bits per heavy atom. The molecule has 0 bridgehead atoms. The first-order valence-electron chi connectivity index (χ1n) is 11.6. The fourth-order valence-electron chi connectivity index (χ4n) is 3.68. The van der Waals surface area contributed by atoms with Gasteiger partial charge < -0.3 is 19.7 Å². The molecule has 0 aliphatic heterocycles. The number of benzene rings is 1. The molecule has 3 aromatic heterocycles. The summed E-state index contributed by atoms with van der Waals surface area (Å²) in [6.07, 6.45) is 4.64. The van der Waals surface area contributed by atoms with Gasteiger partial charge in [0.25, 0.3) is 5.56 Å². The molecule has 0 aliphatic carbocycles. The summed E-state index contributed by atoms with van der Waals surface area (Å²) in [5.41, 5.74) is 2.64. The largest absolute Gasteiger partial charge is 0.485 e. The number of aromatic nitrogens is 3. The highest BCUT2D eigenvalue weighted by atomic mass is 35.5. The first-order chi connectivity index (χ1) is 18.1. The number of nitrogens with one attached hydrogen (secondary N) is 1. The summed E-state index contributed by atoms with van der Waals surface area (Å²) in [7, 11) is 1.52. The molecule has 12 heteroatoms. The predicted molar refractivity (Wildman–Crippen MR) is 147 cm³/mol. The van der Waals surface area contributed by atoms with Gasteiger partial charge in [-0.05, 0) is 56.9 Å². The molecular formula is C26H28ClN5O5S. The van der Waals surface area contributed by atoms with Gasteiger partial charge in [0, 0.05) is 30.1 Å². The van der Waals surface area contributed by atoms with Gasteiger partial charge in [-0.1, -0.05) is 17.7 Å². The third kappa shape index (κ3) is 6.07. The smallest absolute Gasteiger partial charge is 0.300 e. The van der Waals surface area contributed by atoms with E-state index >= 15 is 0 Å². The van der Waals surface area contributed by atoms with Gasteiger partial charge in [0.15, 0.2) is 9.84 Å². The van der Waals surface area contributed by atoms with Crippen molar-refractivity contribution >= 4 is 32.8 Å². The topological polar surface area (TPSA) is 115 Å². The number of nitrogens with zero attached hydrogens (tertiary/aromatic N) is 4. The first kappa shape index (κ1) is 27.4. The molecule has 38 heavy (non-hydrogen) atoms. The van der Waals surface area contributed by atoms with Gasteiger partial charge >= 0.3 is 0 Å². The molecule has 200 valence electrons. The standard InChI is InChI=1S/C26H28ClN5O5S/c1-17-5-7-23(20(27)11-17)38(34,35)16-30-21-12-19(13-29-25(21)36-4)18-6-8-24-28-14-22(26(33)32(24)15-18)37-10-9-31(2)3/h5-8,11-15,30H,9-10,16H2,1-4H3. The highest BCUT2D eigenvalue weighted by Crippen LogP contribution is 2.30. The van der Waals surface area contributed by atoms with E-state index in [2.05, 4.69) is 15.3 Å². The zero-order valence-electron chi connectivity index (χ0n) is 21.4. The molecule has 0 atom stereocenters. The van der Waals surface area contributed by atoms with Crippen LogP contribution >= 0.6 is 11.6 Å². The summed E-state index contributed by atoms with van der Waals surface area (Å²) >= 11 is 6.19. The summed E-state index contributed by atoms with van der Waals surface area (Å²) in [5, 5.41) is 3.06. The molecule has 0 fully saturated rings. The Bertz CT molecular complexity index is 1640. The molecule has 4 aromatic rings. The fourth-order valence-corrected chi connectivity index (χ4v) is 5.40. The molecule has 0 spiro atoms. The summed E-state index contributed by atoms with van der Waals surface area (Å²) in [4.78, 5) is 23.6. The van der Waals surface area contributed by atoms with Crippen molar-refractivity contribution in [3.63, 3.8) is 0 Å². The lowest BCUT2D eigenvalue weighted by Gasteiger charge is -2.14. The van der Waals surface area contributed by atoms with Crippen LogP contribution < -0.4 is 20.3 Å². The van der Waals surface area contributed by atoms with Crippen LogP contribution in [-0.2, 0) is 9.84 Å². The van der Waals surface area contributed by atoms with Gasteiger partial charge in [0.05, 0.1) is 28.9 Å². The van der Waals surface area contributed by atoms with Crippen molar-refractivity contribution in [2.24, 2.45) is 0 Å². The summed E-state index contributed by atoms with van der Waals surface area (Å²) < 4.78 is 38.3. The normalized spacial score (nSPS) is 11.6. The number of sulfone groups is 1. The maximum absolute atomic E-state index is 13.0. The van der Waals surface area contributed by atoms with Crippen LogP contribution in [0.3, 0.4) is 0 Å². The third-order valence-electron chi connectivity index (χ3n) is 5.72. The van der Waals surface area contributed by atoms with Crippen LogP contribution in [0, 0.1) is 6.92 Å². The lowest BCUT2D eigenvalue weighted by atomic mass is 10.1. The van der Waals surface area contributed by atoms with Crippen LogP contribution in [0.1, 0.15) is 5.56 Å². The van der Waals surface area contributed by atoms with Crippen molar-refractivity contribution in [1.29, 1.82) is 0 Å². The van der Waals surface area contributed by atoms with E-state index < -0.39 is 15.7 Å². The second-order valence-corrected chi connectivity index (χ2v) is 11.2. The minimum atomic E-state index is -3.76. The van der Waals surface area contributed by atoms with Gasteiger partial charge in [-0.15, -0.1) is 0 Å². The van der Waals surface area contributed by atoms with Crippen LogP contribution in [0.4, 0.5) is 5.69 Å². The van der Waals surface area contributed by atoms with Crippen molar-refractivity contribution < 1.29 is 17.9 Å². The van der Waals surface area contributed by atoms with Crippen LogP contribution in [0.25, 0.3) is 16.8 Å². The lowest BCUT2D eigenvalue weighted by molar-refractivity contribution is 0.257. The Hall–Kier alpha value is -3.67. The maximum Gasteiger partial charge on any atom is 0.300 e. The van der Waals surface area contributed by atoms with Gasteiger partial charge in [0.1, 0.15) is 18.1 Å². The van der Waals surface area contributed by atoms with E-state index in [9.17, 15) is 13.2 Å². The highest BCUT2D eigenvalue weighted by Gasteiger charge is 2.19. The molecule has 4 rings (SSSR count). The SMILES string of the molecule is COc1ncc(-c2ccc3ncc(OCCN(C)C)c(=O)n3c2)cc1NCS(=O)(=O)c1ccc(C)cc1Cl. The van der Waals surface area contributed by atoms with E-state index in [1.54, 1.807) is 42.7 Å². The van der Waals surface area contributed by atoms with Crippen LogP contribution in [0.5, 0.6) is 11.6 Å². The number of fused-ring (bicyclic) bond motifs is 1. The van der Waals surface area contributed by atoms with E-state index in [4.69, 9.17) is 21.1 Å². The summed E-state index contributed by atoms with van der Waals surface area (Å²) in [6.45, 7) is 2.84. The minimum Gasteiger partial charge on any atom is -0.485 e. The van der Waals surface area contributed by atoms with Gasteiger partial charge in [-0.2, -0.15) is 0 Å². The Morgan fingerprint density at radius 1 is 1.08 bits per heavy atom. The third-order valence-corrected chi connectivity index (χ3v) is 7.69. The van der Waals surface area contributed by atoms with Crippen molar-refractivity contribution in [3.05, 3.63) is 75.9 Å². The first-order valence-corrected chi connectivity index (χ1v) is 13.7. The number of anilines is 1. The van der Waals surface area contributed by atoms with Gasteiger partial charge in [-0.3, -0.25) is 9.20 Å². The van der Waals surface area contributed by atoms with Gasteiger partial charge in [0.2, 0.25) is 11.6 Å². The number of methoxy groups -OCH3 is 1. The maximum atomic E-state index is 13.0. The van der Waals surface area contributed by atoms with Crippen molar-refractivity contribution in [2.75, 3.05) is 45.6 Å². The quantitative estimate of drug-likeness (QED) is 0.313. The molecule has 1 N–H and O–H groups in total. The number of halogens is 1. The van der Waals surface area contributed by atoms with E-state index in [0.717, 1.165) is 5.56 Å². The average molecular weight is 558 g/mol. The van der Waals surface area contributed by atoms with E-state index in [0.29, 0.717) is 35.6 Å². The van der Waals surface area contributed by atoms with Gasteiger partial charge in [-0.25, -0.2) is 18.4 Å². The van der Waals surface area contributed by atoms with Crippen LogP contribution in [0.2, 0.25) is 5.02 Å². The zero-order valence-corrected chi connectivity index (χ0v) is 23.0. The second kappa shape index (κ2) is 11.4.